The van der Waals surface area contributed by atoms with Crippen molar-refractivity contribution in [3.05, 3.63) is 66.1 Å². The zero-order valence-electron chi connectivity index (χ0n) is 14.7. The fourth-order valence-corrected chi connectivity index (χ4v) is 5.48. The molecule has 0 aliphatic carbocycles. The van der Waals surface area contributed by atoms with E-state index in [2.05, 4.69) is 10.3 Å². The number of rotatable bonds is 5. The SMILES string of the molecule is CCS(=O)(=O)n1cc(C(=O)[C@@H]2CSC(c3cccnc3)N2)c2ccccc21. The van der Waals surface area contributed by atoms with Crippen LogP contribution in [0.5, 0.6) is 0 Å². The Hall–Kier alpha value is -2.16. The van der Waals surface area contributed by atoms with Crippen LogP contribution in [-0.2, 0) is 10.0 Å². The molecule has 1 N–H and O–H groups in total. The molecule has 1 fully saturated rings. The number of Topliss-reactive ketones (excluding diaryl/α,β-unsaturated/α-hetero) is 1. The number of para-hydroxylation sites is 1. The van der Waals surface area contributed by atoms with Crippen molar-refractivity contribution in [1.29, 1.82) is 0 Å². The minimum atomic E-state index is -3.48. The largest absolute Gasteiger partial charge is 0.292 e. The van der Waals surface area contributed by atoms with Crippen LogP contribution in [0.25, 0.3) is 10.9 Å². The number of benzene rings is 1. The van der Waals surface area contributed by atoms with E-state index in [-0.39, 0.29) is 23.0 Å². The highest BCUT2D eigenvalue weighted by Gasteiger charge is 2.33. The third-order valence-electron chi connectivity index (χ3n) is 4.69. The van der Waals surface area contributed by atoms with Crippen molar-refractivity contribution in [2.45, 2.75) is 18.3 Å². The van der Waals surface area contributed by atoms with Crippen molar-refractivity contribution in [2.24, 2.45) is 0 Å². The van der Waals surface area contributed by atoms with Gasteiger partial charge in [-0.3, -0.25) is 15.1 Å². The molecule has 6 nitrogen and oxygen atoms in total. The normalized spacial score (nSPS) is 20.2. The summed E-state index contributed by atoms with van der Waals surface area (Å²) < 4.78 is 26.1. The summed E-state index contributed by atoms with van der Waals surface area (Å²) in [6.07, 6.45) is 4.97. The van der Waals surface area contributed by atoms with Gasteiger partial charge in [0.2, 0.25) is 10.0 Å². The van der Waals surface area contributed by atoms with Crippen LogP contribution < -0.4 is 5.32 Å². The molecule has 1 saturated heterocycles. The van der Waals surface area contributed by atoms with Gasteiger partial charge in [0.25, 0.3) is 0 Å². The summed E-state index contributed by atoms with van der Waals surface area (Å²) in [4.78, 5) is 17.3. The summed E-state index contributed by atoms with van der Waals surface area (Å²) in [7, 11) is -3.48. The molecular weight excluding hydrogens is 382 g/mol. The predicted molar refractivity (Wildman–Crippen MR) is 107 cm³/mol. The number of ketones is 1. The summed E-state index contributed by atoms with van der Waals surface area (Å²) in [5.41, 5.74) is 2.00. The van der Waals surface area contributed by atoms with E-state index in [0.29, 0.717) is 22.2 Å². The summed E-state index contributed by atoms with van der Waals surface area (Å²) in [5.74, 6) is 0.508. The van der Waals surface area contributed by atoms with Gasteiger partial charge in [-0.05, 0) is 24.6 Å². The zero-order valence-corrected chi connectivity index (χ0v) is 16.3. The number of fused-ring (bicyclic) bond motifs is 1. The van der Waals surface area contributed by atoms with E-state index in [0.717, 1.165) is 5.56 Å². The Morgan fingerprint density at radius 1 is 1.30 bits per heavy atom. The van der Waals surface area contributed by atoms with Crippen LogP contribution in [0.15, 0.2) is 55.0 Å². The maximum Gasteiger partial charge on any atom is 0.238 e. The number of hydrogen-bond donors (Lipinski definition) is 1. The fraction of sp³-hybridized carbons (Fsp3) is 0.263. The van der Waals surface area contributed by atoms with Gasteiger partial charge < -0.3 is 0 Å². The van der Waals surface area contributed by atoms with Crippen LogP contribution in [-0.4, -0.2) is 40.7 Å². The molecule has 140 valence electrons. The van der Waals surface area contributed by atoms with Crippen LogP contribution in [0.4, 0.5) is 0 Å². The number of pyridine rings is 1. The van der Waals surface area contributed by atoms with Gasteiger partial charge in [-0.15, -0.1) is 11.8 Å². The van der Waals surface area contributed by atoms with E-state index in [1.54, 1.807) is 49.3 Å². The first-order valence-electron chi connectivity index (χ1n) is 8.66. The first-order chi connectivity index (χ1) is 13.0. The van der Waals surface area contributed by atoms with Crippen molar-refractivity contribution in [2.75, 3.05) is 11.5 Å². The minimum absolute atomic E-state index is 0.000347. The Labute approximate surface area is 162 Å². The van der Waals surface area contributed by atoms with Crippen molar-refractivity contribution >= 4 is 38.5 Å². The lowest BCUT2D eigenvalue weighted by Gasteiger charge is -2.12. The number of carbonyl (C=O) groups is 1. The predicted octanol–water partition coefficient (Wildman–Crippen LogP) is 2.82. The molecule has 0 radical (unpaired) electrons. The molecule has 0 bridgehead atoms. The maximum atomic E-state index is 13.2. The fourth-order valence-electron chi connectivity index (χ4n) is 3.25. The van der Waals surface area contributed by atoms with Gasteiger partial charge in [0.1, 0.15) is 0 Å². The van der Waals surface area contributed by atoms with E-state index < -0.39 is 10.0 Å². The van der Waals surface area contributed by atoms with E-state index in [1.807, 2.05) is 18.2 Å². The van der Waals surface area contributed by atoms with Crippen molar-refractivity contribution in [3.8, 4) is 0 Å². The van der Waals surface area contributed by atoms with Gasteiger partial charge in [-0.2, -0.15) is 0 Å². The second-order valence-electron chi connectivity index (χ2n) is 6.34. The molecule has 2 atom stereocenters. The molecule has 2 aromatic heterocycles. The van der Waals surface area contributed by atoms with Crippen LogP contribution in [0.3, 0.4) is 0 Å². The molecule has 27 heavy (non-hydrogen) atoms. The standard InChI is InChI=1S/C19H19N3O3S2/c1-2-27(24,25)22-11-15(14-7-3-4-8-17(14)22)18(23)16-12-26-19(21-16)13-6-5-9-20-10-13/h3-11,16,19,21H,2,12H2,1H3/t16-,19?/m0/s1. The highest BCUT2D eigenvalue weighted by Crippen LogP contribution is 2.34. The smallest absolute Gasteiger partial charge is 0.238 e. The first kappa shape index (κ1) is 18.2. The van der Waals surface area contributed by atoms with Gasteiger partial charge in [0.15, 0.2) is 5.78 Å². The van der Waals surface area contributed by atoms with Crippen molar-refractivity contribution in [3.63, 3.8) is 0 Å². The molecule has 0 spiro atoms. The number of aromatic nitrogens is 2. The first-order valence-corrected chi connectivity index (χ1v) is 11.3. The van der Waals surface area contributed by atoms with Gasteiger partial charge in [0, 0.05) is 35.3 Å². The molecule has 0 amide bonds. The number of carbonyl (C=O) groups excluding carboxylic acids is 1. The number of nitrogens with one attached hydrogen (secondary N) is 1. The van der Waals surface area contributed by atoms with Crippen LogP contribution in [0.2, 0.25) is 0 Å². The van der Waals surface area contributed by atoms with Gasteiger partial charge in [0.05, 0.1) is 22.7 Å². The lowest BCUT2D eigenvalue weighted by atomic mass is 10.0. The zero-order chi connectivity index (χ0) is 19.0. The van der Waals surface area contributed by atoms with E-state index in [1.165, 1.54) is 10.2 Å². The van der Waals surface area contributed by atoms with Gasteiger partial charge in [-0.25, -0.2) is 12.4 Å². The van der Waals surface area contributed by atoms with Crippen LogP contribution in [0.1, 0.15) is 28.2 Å². The molecule has 1 aliphatic heterocycles. The summed E-state index contributed by atoms with van der Waals surface area (Å²) in [6, 6.07) is 10.6. The van der Waals surface area contributed by atoms with Crippen molar-refractivity contribution in [1.82, 2.24) is 14.3 Å². The lowest BCUT2D eigenvalue weighted by Crippen LogP contribution is -2.34. The lowest BCUT2D eigenvalue weighted by molar-refractivity contribution is 0.0957. The molecule has 1 aliphatic rings. The number of nitrogens with zero attached hydrogens (tertiary/aromatic N) is 2. The number of thioether (sulfide) groups is 1. The molecule has 3 heterocycles. The average Bonchev–Trinajstić information content (AvgIpc) is 3.34. The maximum absolute atomic E-state index is 13.2. The van der Waals surface area contributed by atoms with Gasteiger partial charge >= 0.3 is 0 Å². The molecule has 1 unspecified atom stereocenters. The second kappa shape index (κ2) is 7.10. The average molecular weight is 402 g/mol. The Bertz CT molecular complexity index is 1090. The molecule has 8 heteroatoms. The summed E-state index contributed by atoms with van der Waals surface area (Å²) >= 11 is 1.65. The van der Waals surface area contributed by atoms with E-state index in [4.69, 9.17) is 0 Å². The Morgan fingerprint density at radius 3 is 2.85 bits per heavy atom. The van der Waals surface area contributed by atoms with E-state index >= 15 is 0 Å². The Balaban J connectivity index is 1.68. The molecule has 1 aromatic carbocycles. The minimum Gasteiger partial charge on any atom is -0.292 e. The highest BCUT2D eigenvalue weighted by molar-refractivity contribution is 7.99. The molecular formula is C19H19N3O3S2. The van der Waals surface area contributed by atoms with Crippen LogP contribution >= 0.6 is 11.8 Å². The quantitative estimate of drug-likeness (QED) is 0.662. The molecule has 4 rings (SSSR count). The van der Waals surface area contributed by atoms with Crippen molar-refractivity contribution < 1.29 is 13.2 Å². The number of hydrogen-bond acceptors (Lipinski definition) is 6. The summed E-state index contributed by atoms with van der Waals surface area (Å²) in [6.45, 7) is 1.60. The topological polar surface area (TPSA) is 81.1 Å². The third-order valence-corrected chi connectivity index (χ3v) is 7.59. The van der Waals surface area contributed by atoms with E-state index in [9.17, 15) is 13.2 Å². The third kappa shape index (κ3) is 3.28. The highest BCUT2D eigenvalue weighted by atomic mass is 32.2. The second-order valence-corrected chi connectivity index (χ2v) is 9.61. The Kier molecular flexibility index (Phi) is 4.79. The molecule has 3 aromatic rings. The Morgan fingerprint density at radius 2 is 2.11 bits per heavy atom. The summed E-state index contributed by atoms with van der Waals surface area (Å²) in [5, 5.41) is 4.01. The van der Waals surface area contributed by atoms with Crippen LogP contribution in [0, 0.1) is 0 Å². The van der Waals surface area contributed by atoms with Gasteiger partial charge in [-0.1, -0.05) is 24.3 Å². The molecule has 0 saturated carbocycles. The monoisotopic (exact) mass is 401 g/mol.